The summed E-state index contributed by atoms with van der Waals surface area (Å²) in [6.07, 6.45) is 0. The van der Waals surface area contributed by atoms with E-state index in [0.717, 1.165) is 24.4 Å². The first-order valence-corrected chi connectivity index (χ1v) is 8.04. The molecule has 5 nitrogen and oxygen atoms in total. The molecule has 0 aromatic heterocycles. The summed E-state index contributed by atoms with van der Waals surface area (Å²) in [5.41, 5.74) is 3.51. The van der Waals surface area contributed by atoms with Crippen LogP contribution in [0.15, 0.2) is 36.4 Å². The van der Waals surface area contributed by atoms with Gasteiger partial charge in [0.15, 0.2) is 11.5 Å². The Labute approximate surface area is 142 Å². The van der Waals surface area contributed by atoms with Gasteiger partial charge in [-0.05, 0) is 28.8 Å². The highest BCUT2D eigenvalue weighted by Gasteiger charge is 2.18. The molecule has 0 atom stereocenters. The lowest BCUT2D eigenvalue weighted by atomic mass is 10.1. The molecule has 0 saturated carbocycles. The van der Waals surface area contributed by atoms with Crippen molar-refractivity contribution in [1.82, 2.24) is 5.32 Å². The van der Waals surface area contributed by atoms with Crippen molar-refractivity contribution in [2.75, 3.05) is 27.4 Å². The number of rotatable bonds is 7. The van der Waals surface area contributed by atoms with Crippen LogP contribution in [0.2, 0.25) is 0 Å². The summed E-state index contributed by atoms with van der Waals surface area (Å²) in [6, 6.07) is 12.4. The quantitative estimate of drug-likeness (QED) is 0.846. The molecule has 5 heteroatoms. The minimum atomic E-state index is 0.554. The molecule has 128 valence electrons. The lowest BCUT2D eigenvalue weighted by Gasteiger charge is -2.21. The van der Waals surface area contributed by atoms with Crippen molar-refractivity contribution in [1.29, 1.82) is 0 Å². The molecule has 0 unspecified atom stereocenters. The molecule has 0 saturated heterocycles. The molecule has 3 rings (SSSR count). The largest absolute Gasteiger partial charge is 0.493 e. The topological polar surface area (TPSA) is 49.0 Å². The van der Waals surface area contributed by atoms with E-state index in [1.54, 1.807) is 14.2 Å². The molecule has 0 bridgehead atoms. The monoisotopic (exact) mass is 329 g/mol. The van der Waals surface area contributed by atoms with Gasteiger partial charge in [-0.2, -0.15) is 0 Å². The van der Waals surface area contributed by atoms with Crippen LogP contribution in [0.25, 0.3) is 0 Å². The summed E-state index contributed by atoms with van der Waals surface area (Å²) in [7, 11) is 3.35. The fourth-order valence-electron chi connectivity index (χ4n) is 2.78. The molecule has 1 aliphatic heterocycles. The fourth-order valence-corrected chi connectivity index (χ4v) is 2.78. The van der Waals surface area contributed by atoms with Crippen LogP contribution >= 0.6 is 0 Å². The van der Waals surface area contributed by atoms with Gasteiger partial charge in [-0.3, -0.25) is 0 Å². The summed E-state index contributed by atoms with van der Waals surface area (Å²) < 4.78 is 21.9. The lowest BCUT2D eigenvalue weighted by Crippen LogP contribution is -2.17. The van der Waals surface area contributed by atoms with Crippen molar-refractivity contribution < 1.29 is 18.9 Å². The second-order valence-corrected chi connectivity index (χ2v) is 5.68. The van der Waals surface area contributed by atoms with Crippen molar-refractivity contribution in [2.24, 2.45) is 0 Å². The van der Waals surface area contributed by atoms with Gasteiger partial charge in [0.05, 0.1) is 13.7 Å². The summed E-state index contributed by atoms with van der Waals surface area (Å²) >= 11 is 0. The maximum absolute atomic E-state index is 5.67. The van der Waals surface area contributed by atoms with E-state index in [1.807, 2.05) is 12.1 Å². The zero-order chi connectivity index (χ0) is 16.8. The molecule has 0 spiro atoms. The average Bonchev–Trinajstić information content (AvgIpc) is 2.61. The zero-order valence-corrected chi connectivity index (χ0v) is 14.1. The van der Waals surface area contributed by atoms with Gasteiger partial charge >= 0.3 is 0 Å². The lowest BCUT2D eigenvalue weighted by molar-refractivity contribution is 0.165. The van der Waals surface area contributed by atoms with Gasteiger partial charge in [0.2, 0.25) is 5.75 Å². The number of hydrogen-bond donors (Lipinski definition) is 1. The van der Waals surface area contributed by atoms with Crippen LogP contribution in [0.4, 0.5) is 0 Å². The Balaban J connectivity index is 1.63. The SMILES string of the molecule is COCc1cccc(CNCc2cc(OC)c3c(c2)OCCO3)c1. The van der Waals surface area contributed by atoms with Crippen molar-refractivity contribution in [3.63, 3.8) is 0 Å². The molecule has 24 heavy (non-hydrogen) atoms. The molecule has 0 amide bonds. The third-order valence-corrected chi connectivity index (χ3v) is 3.85. The number of ether oxygens (including phenoxy) is 4. The summed E-state index contributed by atoms with van der Waals surface area (Å²) in [4.78, 5) is 0. The highest BCUT2D eigenvalue weighted by molar-refractivity contribution is 5.54. The molecular weight excluding hydrogens is 306 g/mol. The van der Waals surface area contributed by atoms with Gasteiger partial charge in [-0.15, -0.1) is 0 Å². The maximum Gasteiger partial charge on any atom is 0.203 e. The Bertz CT molecular complexity index is 670. The van der Waals surface area contributed by atoms with Crippen molar-refractivity contribution in [3.8, 4) is 17.2 Å². The maximum atomic E-state index is 5.67. The normalized spacial score (nSPS) is 12.9. The van der Waals surface area contributed by atoms with Crippen LogP contribution in [0, 0.1) is 0 Å². The Kier molecular flexibility index (Phi) is 5.56. The molecule has 1 aliphatic rings. The van der Waals surface area contributed by atoms with Crippen LogP contribution in [0.3, 0.4) is 0 Å². The van der Waals surface area contributed by atoms with E-state index in [2.05, 4.69) is 29.6 Å². The Morgan fingerprint density at radius 1 is 0.958 bits per heavy atom. The Morgan fingerprint density at radius 3 is 2.58 bits per heavy atom. The minimum Gasteiger partial charge on any atom is -0.493 e. The van der Waals surface area contributed by atoms with E-state index < -0.39 is 0 Å². The van der Waals surface area contributed by atoms with Crippen LogP contribution < -0.4 is 19.5 Å². The van der Waals surface area contributed by atoms with E-state index in [0.29, 0.717) is 31.3 Å². The second kappa shape index (κ2) is 8.04. The zero-order valence-electron chi connectivity index (χ0n) is 14.1. The van der Waals surface area contributed by atoms with E-state index in [4.69, 9.17) is 18.9 Å². The predicted octanol–water partition coefficient (Wildman–Crippen LogP) is 2.90. The summed E-state index contributed by atoms with van der Waals surface area (Å²) in [6.45, 7) is 3.26. The van der Waals surface area contributed by atoms with Crippen LogP contribution in [0.1, 0.15) is 16.7 Å². The molecule has 0 fully saturated rings. The Morgan fingerprint density at radius 2 is 1.75 bits per heavy atom. The molecule has 2 aromatic carbocycles. The number of nitrogens with one attached hydrogen (secondary N) is 1. The van der Waals surface area contributed by atoms with Crippen LogP contribution in [0.5, 0.6) is 17.2 Å². The first-order valence-electron chi connectivity index (χ1n) is 8.04. The van der Waals surface area contributed by atoms with Gasteiger partial charge in [-0.1, -0.05) is 24.3 Å². The molecular formula is C19H23NO4. The van der Waals surface area contributed by atoms with Crippen molar-refractivity contribution in [2.45, 2.75) is 19.7 Å². The highest BCUT2D eigenvalue weighted by atomic mass is 16.6. The second-order valence-electron chi connectivity index (χ2n) is 5.68. The number of hydrogen-bond acceptors (Lipinski definition) is 5. The molecule has 0 radical (unpaired) electrons. The summed E-state index contributed by atoms with van der Waals surface area (Å²) in [5.74, 6) is 2.16. The van der Waals surface area contributed by atoms with E-state index in [1.165, 1.54) is 11.1 Å². The van der Waals surface area contributed by atoms with Crippen LogP contribution in [-0.4, -0.2) is 27.4 Å². The third-order valence-electron chi connectivity index (χ3n) is 3.85. The predicted molar refractivity (Wildman–Crippen MR) is 91.7 cm³/mol. The standard InChI is InChI=1S/C19H23NO4/c1-21-13-15-5-3-4-14(8-15)11-20-12-16-9-17(22-2)19-18(10-16)23-6-7-24-19/h3-5,8-10,20H,6-7,11-13H2,1-2H3. The minimum absolute atomic E-state index is 0.554. The fraction of sp³-hybridized carbons (Fsp3) is 0.368. The van der Waals surface area contributed by atoms with Gasteiger partial charge < -0.3 is 24.3 Å². The van der Waals surface area contributed by atoms with E-state index >= 15 is 0 Å². The van der Waals surface area contributed by atoms with Crippen molar-refractivity contribution in [3.05, 3.63) is 53.1 Å². The van der Waals surface area contributed by atoms with Gasteiger partial charge in [0.1, 0.15) is 13.2 Å². The van der Waals surface area contributed by atoms with E-state index in [-0.39, 0.29) is 0 Å². The number of benzene rings is 2. The van der Waals surface area contributed by atoms with Gasteiger partial charge in [-0.25, -0.2) is 0 Å². The third kappa shape index (κ3) is 3.99. The first kappa shape index (κ1) is 16.6. The summed E-state index contributed by atoms with van der Waals surface area (Å²) in [5, 5.41) is 3.45. The van der Waals surface area contributed by atoms with E-state index in [9.17, 15) is 0 Å². The molecule has 1 heterocycles. The molecule has 1 N–H and O–H groups in total. The van der Waals surface area contributed by atoms with Gasteiger partial charge in [0, 0.05) is 20.2 Å². The van der Waals surface area contributed by atoms with Crippen molar-refractivity contribution >= 4 is 0 Å². The van der Waals surface area contributed by atoms with Gasteiger partial charge in [0.25, 0.3) is 0 Å². The first-order chi connectivity index (χ1) is 11.8. The molecule has 2 aromatic rings. The van der Waals surface area contributed by atoms with Crippen LogP contribution in [-0.2, 0) is 24.4 Å². The average molecular weight is 329 g/mol. The molecule has 0 aliphatic carbocycles. The number of methoxy groups -OCH3 is 2. The Hall–Kier alpha value is -2.24. The smallest absolute Gasteiger partial charge is 0.203 e. The highest BCUT2D eigenvalue weighted by Crippen LogP contribution is 2.40. The number of fused-ring (bicyclic) bond motifs is 1.